The van der Waals surface area contributed by atoms with Crippen LogP contribution >= 0.6 is 0 Å². The molecule has 0 aliphatic rings. The van der Waals surface area contributed by atoms with E-state index in [9.17, 15) is 39.6 Å². The molecule has 0 aromatic rings. The number of amides is 5. The number of hydrogen-bond donors (Lipinski definition) is 6. The molecule has 0 aliphatic heterocycles. The van der Waals surface area contributed by atoms with E-state index in [1.54, 1.807) is 0 Å². The maximum atomic E-state index is 12.0. The van der Waals surface area contributed by atoms with Crippen molar-refractivity contribution in [1.29, 1.82) is 0 Å². The van der Waals surface area contributed by atoms with Gasteiger partial charge in [0.15, 0.2) is 0 Å². The molecule has 8 N–H and O–H groups in total. The molecule has 0 aromatic heterocycles. The standard InChI is InChI=1S/C25H48N6O8/c1-21(32)29(37)18-9-3-6-16-27-22(33)12-14-25(36)31(39)20-10-4-7-17-28-23(34)11-13-24(35)30(38)19-8-2-5-15-26/h37-39H,2-20,26H2,1H3,(H,27,33)(H,28,34)/p+1. The van der Waals surface area contributed by atoms with Crippen LogP contribution in [0.5, 0.6) is 0 Å². The quantitative estimate of drug-likeness (QED) is 0.0576. The van der Waals surface area contributed by atoms with Crippen molar-refractivity contribution in [3.05, 3.63) is 0 Å². The van der Waals surface area contributed by atoms with Gasteiger partial charge in [-0.25, -0.2) is 15.2 Å². The van der Waals surface area contributed by atoms with E-state index < -0.39 is 17.7 Å². The summed E-state index contributed by atoms with van der Waals surface area (Å²) in [6, 6.07) is 0. The minimum Gasteiger partial charge on any atom is -0.358 e. The zero-order chi connectivity index (χ0) is 29.5. The van der Waals surface area contributed by atoms with Crippen LogP contribution in [0.2, 0.25) is 0 Å². The molecule has 0 bridgehead atoms. The van der Waals surface area contributed by atoms with Gasteiger partial charge in [0.25, 0.3) is 0 Å². The number of rotatable bonds is 23. The van der Waals surface area contributed by atoms with Gasteiger partial charge < -0.3 is 16.4 Å². The molecule has 0 rings (SSSR count). The van der Waals surface area contributed by atoms with Gasteiger partial charge in [-0.2, -0.15) is 0 Å². The number of hydrogen-bond acceptors (Lipinski definition) is 8. The molecule has 14 nitrogen and oxygen atoms in total. The smallest absolute Gasteiger partial charge is 0.246 e. The molecule has 0 heterocycles. The minimum absolute atomic E-state index is 0.00908. The van der Waals surface area contributed by atoms with Gasteiger partial charge in [-0.05, 0) is 57.8 Å². The molecule has 14 heteroatoms. The number of quaternary nitrogens is 1. The van der Waals surface area contributed by atoms with Gasteiger partial charge in [0.05, 0.1) is 6.54 Å². The molecular formula is C25H49N6O8+. The van der Waals surface area contributed by atoms with Gasteiger partial charge in [-0.1, -0.05) is 0 Å². The van der Waals surface area contributed by atoms with Crippen LogP contribution in [0.3, 0.4) is 0 Å². The van der Waals surface area contributed by atoms with Gasteiger partial charge in [-0.3, -0.25) is 39.6 Å². The van der Waals surface area contributed by atoms with Crippen LogP contribution in [-0.2, 0) is 24.0 Å². The predicted molar refractivity (Wildman–Crippen MR) is 140 cm³/mol. The Hall–Kier alpha value is -2.81. The third kappa shape index (κ3) is 20.8. The van der Waals surface area contributed by atoms with E-state index in [0.29, 0.717) is 66.8 Å². The van der Waals surface area contributed by atoms with Crippen molar-refractivity contribution in [2.75, 3.05) is 39.3 Å². The Balaban J connectivity index is 3.75. The third-order valence-corrected chi connectivity index (χ3v) is 5.93. The lowest BCUT2D eigenvalue weighted by Gasteiger charge is -2.15. The van der Waals surface area contributed by atoms with Crippen LogP contribution in [0.15, 0.2) is 0 Å². The van der Waals surface area contributed by atoms with Crippen molar-refractivity contribution in [2.24, 2.45) is 0 Å². The Morgan fingerprint density at radius 2 is 0.949 bits per heavy atom. The van der Waals surface area contributed by atoms with Gasteiger partial charge in [0, 0.05) is 65.3 Å². The highest BCUT2D eigenvalue weighted by Crippen LogP contribution is 2.03. The van der Waals surface area contributed by atoms with Crippen molar-refractivity contribution >= 4 is 29.5 Å². The number of carbonyl (C=O) groups excluding carboxylic acids is 5. The van der Waals surface area contributed by atoms with Crippen molar-refractivity contribution in [2.45, 2.75) is 90.4 Å². The summed E-state index contributed by atoms with van der Waals surface area (Å²) in [5.74, 6) is -2.02. The molecule has 0 atom stereocenters. The predicted octanol–water partition coefficient (Wildman–Crippen LogP) is 0.205. The fraction of sp³-hybridized carbons (Fsp3) is 0.800. The van der Waals surface area contributed by atoms with E-state index in [4.69, 9.17) is 0 Å². The molecule has 0 aromatic carbocycles. The highest BCUT2D eigenvalue weighted by Gasteiger charge is 2.14. The van der Waals surface area contributed by atoms with Crippen LogP contribution in [0, 0.1) is 0 Å². The number of nitrogens with one attached hydrogen (secondary N) is 2. The van der Waals surface area contributed by atoms with Crippen molar-refractivity contribution in [3.63, 3.8) is 0 Å². The maximum Gasteiger partial charge on any atom is 0.246 e. The fourth-order valence-electron chi connectivity index (χ4n) is 3.48. The lowest BCUT2D eigenvalue weighted by molar-refractivity contribution is -0.368. The maximum absolute atomic E-state index is 12.0. The molecule has 0 radical (unpaired) electrons. The molecule has 0 saturated carbocycles. The second-order valence-electron chi connectivity index (χ2n) is 9.41. The highest BCUT2D eigenvalue weighted by molar-refractivity contribution is 5.83. The van der Waals surface area contributed by atoms with E-state index in [1.165, 1.54) is 6.92 Å². The second-order valence-corrected chi connectivity index (χ2v) is 9.41. The molecule has 0 aliphatic carbocycles. The largest absolute Gasteiger partial charge is 0.358 e. The molecule has 5 amide bonds. The molecule has 39 heavy (non-hydrogen) atoms. The Bertz CT molecular complexity index is 739. The average Bonchev–Trinajstić information content (AvgIpc) is 2.91. The van der Waals surface area contributed by atoms with E-state index in [2.05, 4.69) is 16.4 Å². The topological polar surface area (TPSA) is 207 Å². The lowest BCUT2D eigenvalue weighted by Crippen LogP contribution is -2.50. The third-order valence-electron chi connectivity index (χ3n) is 5.93. The lowest BCUT2D eigenvalue weighted by atomic mass is 10.2. The number of nitrogens with zero attached hydrogens (tertiary/aromatic N) is 3. The molecule has 0 unspecified atom stereocenters. The van der Waals surface area contributed by atoms with E-state index in [-0.39, 0.29) is 57.1 Å². The molecular weight excluding hydrogens is 512 g/mol. The van der Waals surface area contributed by atoms with Crippen LogP contribution in [-0.4, -0.2) is 99.6 Å². The van der Waals surface area contributed by atoms with Crippen LogP contribution in [0.1, 0.15) is 90.4 Å². The number of hydroxylamine groups is 6. The second kappa shape index (κ2) is 23.1. The monoisotopic (exact) mass is 561 g/mol. The van der Waals surface area contributed by atoms with Crippen LogP contribution in [0.4, 0.5) is 0 Å². The first-order chi connectivity index (χ1) is 18.6. The Kier molecular flexibility index (Phi) is 21.4. The average molecular weight is 562 g/mol. The summed E-state index contributed by atoms with van der Waals surface area (Å²) in [5, 5.41) is 36.1. The zero-order valence-electron chi connectivity index (χ0n) is 23.4. The summed E-state index contributed by atoms with van der Waals surface area (Å²) < 4.78 is 0. The van der Waals surface area contributed by atoms with Gasteiger partial charge in [0.1, 0.15) is 0 Å². The van der Waals surface area contributed by atoms with Crippen LogP contribution in [0.25, 0.3) is 0 Å². The summed E-state index contributed by atoms with van der Waals surface area (Å²) in [6.07, 6.45) is 6.09. The summed E-state index contributed by atoms with van der Waals surface area (Å²) in [4.78, 5) is 58.4. The van der Waals surface area contributed by atoms with Gasteiger partial charge >= 0.3 is 0 Å². The normalized spacial score (nSPS) is 10.6. The van der Waals surface area contributed by atoms with Crippen molar-refractivity contribution in [3.8, 4) is 0 Å². The van der Waals surface area contributed by atoms with Gasteiger partial charge in [0.2, 0.25) is 29.5 Å². The van der Waals surface area contributed by atoms with E-state index >= 15 is 0 Å². The first kappa shape index (κ1) is 36.2. The zero-order valence-corrected chi connectivity index (χ0v) is 23.4. The summed E-state index contributed by atoms with van der Waals surface area (Å²) >= 11 is 0. The Labute approximate surface area is 230 Å². The SMILES string of the molecule is CC(=O)N(O)CCCCCNC(=O)CCC(=O)N(O)CCCCCNC(=O)CCC(=O)N(O)CCCCC[NH3+]. The van der Waals surface area contributed by atoms with Crippen molar-refractivity contribution in [1.82, 2.24) is 25.8 Å². The first-order valence-electron chi connectivity index (χ1n) is 13.9. The highest BCUT2D eigenvalue weighted by atomic mass is 16.5. The molecule has 0 spiro atoms. The molecule has 0 fully saturated rings. The summed E-state index contributed by atoms with van der Waals surface area (Å²) in [6.45, 7) is 3.51. The Morgan fingerprint density at radius 3 is 1.33 bits per heavy atom. The van der Waals surface area contributed by atoms with Gasteiger partial charge in [-0.15, -0.1) is 0 Å². The molecule has 0 saturated heterocycles. The summed E-state index contributed by atoms with van der Waals surface area (Å²) in [5.41, 5.74) is 3.74. The molecule has 226 valence electrons. The minimum atomic E-state index is -0.546. The van der Waals surface area contributed by atoms with E-state index in [1.807, 2.05) is 0 Å². The first-order valence-corrected chi connectivity index (χ1v) is 13.9. The number of carbonyl (C=O) groups is 5. The van der Waals surface area contributed by atoms with Crippen molar-refractivity contribution < 1.29 is 45.3 Å². The van der Waals surface area contributed by atoms with E-state index in [0.717, 1.165) is 25.8 Å². The summed E-state index contributed by atoms with van der Waals surface area (Å²) in [7, 11) is 0. The Morgan fingerprint density at radius 1 is 0.564 bits per heavy atom. The van der Waals surface area contributed by atoms with Crippen LogP contribution < -0.4 is 16.4 Å². The fourth-order valence-corrected chi connectivity index (χ4v) is 3.48. The number of unbranched alkanes of at least 4 members (excludes halogenated alkanes) is 6.